The zero-order valence-electron chi connectivity index (χ0n) is 17.9. The highest BCUT2D eigenvalue weighted by atomic mass is 32.2. The number of carbonyl (C=O) groups is 1. The van der Waals surface area contributed by atoms with E-state index in [-0.39, 0.29) is 15.2 Å². The number of amides is 1. The highest BCUT2D eigenvalue weighted by molar-refractivity contribution is 7.94. The Labute approximate surface area is 193 Å². The average Bonchev–Trinajstić information content (AvgIpc) is 3.34. The third kappa shape index (κ3) is 4.30. The topological polar surface area (TPSA) is 128 Å². The maximum Gasteiger partial charge on any atom is 0.296 e. The van der Waals surface area contributed by atoms with Crippen LogP contribution in [0.4, 0.5) is 10.8 Å². The standard InChI is InChI=1S/C21H20N6O4S2/c1-13-9-7-8-12-16(13)18(28)22-20-23-24-21(32-20)33(30,31)25-17-14(2)26(3)27(19(17)29)15-10-5-4-6-11-15/h4-12,25H,1-3H3,(H,22,23,28). The van der Waals surface area contributed by atoms with Crippen LogP contribution in [0, 0.1) is 13.8 Å². The Kier molecular flexibility index (Phi) is 5.87. The summed E-state index contributed by atoms with van der Waals surface area (Å²) in [5.41, 5.74) is 1.60. The van der Waals surface area contributed by atoms with Crippen molar-refractivity contribution in [3.8, 4) is 5.69 Å². The predicted octanol–water partition coefficient (Wildman–Crippen LogP) is 2.70. The molecule has 0 aliphatic carbocycles. The van der Waals surface area contributed by atoms with Crippen LogP contribution in [0.5, 0.6) is 0 Å². The van der Waals surface area contributed by atoms with Crippen LogP contribution in [0.3, 0.4) is 0 Å². The normalized spacial score (nSPS) is 11.4. The van der Waals surface area contributed by atoms with Crippen molar-refractivity contribution in [1.82, 2.24) is 19.6 Å². The van der Waals surface area contributed by atoms with Crippen LogP contribution in [0.2, 0.25) is 0 Å². The van der Waals surface area contributed by atoms with Crippen molar-refractivity contribution in [3.05, 3.63) is 81.8 Å². The van der Waals surface area contributed by atoms with Crippen molar-refractivity contribution >= 4 is 38.1 Å². The van der Waals surface area contributed by atoms with Crippen LogP contribution in [-0.2, 0) is 17.1 Å². The van der Waals surface area contributed by atoms with Gasteiger partial charge in [0.05, 0.1) is 11.4 Å². The second-order valence-corrected chi connectivity index (χ2v) is 10.0. The predicted molar refractivity (Wildman–Crippen MR) is 126 cm³/mol. The number of nitrogens with zero attached hydrogens (tertiary/aromatic N) is 4. The van der Waals surface area contributed by atoms with E-state index in [0.29, 0.717) is 28.3 Å². The third-order valence-corrected chi connectivity index (χ3v) is 7.59. The van der Waals surface area contributed by atoms with Gasteiger partial charge in [-0.15, -0.1) is 10.2 Å². The van der Waals surface area contributed by atoms with Crippen LogP contribution in [0.25, 0.3) is 5.69 Å². The molecule has 170 valence electrons. The molecular weight excluding hydrogens is 464 g/mol. The monoisotopic (exact) mass is 484 g/mol. The number of para-hydroxylation sites is 1. The summed E-state index contributed by atoms with van der Waals surface area (Å²) in [7, 11) is -2.56. The summed E-state index contributed by atoms with van der Waals surface area (Å²) in [6.45, 7) is 3.42. The molecule has 10 nitrogen and oxygen atoms in total. The molecule has 0 radical (unpaired) electrons. The Morgan fingerprint density at radius 1 is 1.00 bits per heavy atom. The van der Waals surface area contributed by atoms with Crippen molar-refractivity contribution in [1.29, 1.82) is 0 Å². The minimum absolute atomic E-state index is 0.0232. The number of carbonyl (C=O) groups excluding carboxylic acids is 1. The van der Waals surface area contributed by atoms with Crippen LogP contribution in [0.1, 0.15) is 21.6 Å². The molecule has 0 aliphatic rings. The molecule has 33 heavy (non-hydrogen) atoms. The molecule has 0 saturated heterocycles. The summed E-state index contributed by atoms with van der Waals surface area (Å²) in [5.74, 6) is -0.425. The van der Waals surface area contributed by atoms with Gasteiger partial charge in [0.2, 0.25) is 5.13 Å². The van der Waals surface area contributed by atoms with Crippen LogP contribution in [-0.4, -0.2) is 33.9 Å². The maximum absolute atomic E-state index is 13.0. The largest absolute Gasteiger partial charge is 0.296 e. The van der Waals surface area contributed by atoms with E-state index in [2.05, 4.69) is 20.2 Å². The van der Waals surface area contributed by atoms with Crippen molar-refractivity contribution in [2.75, 3.05) is 10.0 Å². The Hall–Kier alpha value is -3.77. The van der Waals surface area contributed by atoms with Gasteiger partial charge in [0, 0.05) is 12.6 Å². The van der Waals surface area contributed by atoms with Gasteiger partial charge in [-0.25, -0.2) is 4.68 Å². The summed E-state index contributed by atoms with van der Waals surface area (Å²) < 4.78 is 30.7. The number of sulfonamides is 1. The highest BCUT2D eigenvalue weighted by Crippen LogP contribution is 2.24. The van der Waals surface area contributed by atoms with Gasteiger partial charge in [0.25, 0.3) is 25.8 Å². The quantitative estimate of drug-likeness (QED) is 0.405. The molecule has 2 heterocycles. The first kappa shape index (κ1) is 22.4. The van der Waals surface area contributed by atoms with Gasteiger partial charge >= 0.3 is 0 Å². The van der Waals surface area contributed by atoms with Crippen LogP contribution >= 0.6 is 11.3 Å². The Morgan fingerprint density at radius 2 is 1.67 bits per heavy atom. The van der Waals surface area contributed by atoms with E-state index < -0.39 is 21.5 Å². The molecule has 0 atom stereocenters. The highest BCUT2D eigenvalue weighted by Gasteiger charge is 2.26. The van der Waals surface area contributed by atoms with Gasteiger partial charge in [-0.2, -0.15) is 8.42 Å². The molecule has 12 heteroatoms. The number of rotatable bonds is 6. The lowest BCUT2D eigenvalue weighted by atomic mass is 10.1. The number of aryl methyl sites for hydroxylation is 1. The molecule has 4 rings (SSSR count). The van der Waals surface area contributed by atoms with E-state index in [0.717, 1.165) is 5.56 Å². The maximum atomic E-state index is 13.0. The minimum atomic E-state index is -4.21. The van der Waals surface area contributed by atoms with Crippen molar-refractivity contribution in [3.63, 3.8) is 0 Å². The molecule has 0 bridgehead atoms. The molecule has 0 saturated carbocycles. The number of hydrogen-bond acceptors (Lipinski definition) is 7. The van der Waals surface area contributed by atoms with Gasteiger partial charge in [0.15, 0.2) is 0 Å². The Balaban J connectivity index is 1.60. The first-order valence-corrected chi connectivity index (χ1v) is 12.1. The first-order chi connectivity index (χ1) is 15.7. The second kappa shape index (κ2) is 8.64. The second-order valence-electron chi connectivity index (χ2n) is 7.18. The van der Waals surface area contributed by atoms with E-state index >= 15 is 0 Å². The molecule has 1 amide bonds. The van der Waals surface area contributed by atoms with E-state index in [4.69, 9.17) is 0 Å². The number of hydrogen-bond donors (Lipinski definition) is 2. The zero-order chi connectivity index (χ0) is 23.8. The number of aromatic nitrogens is 4. The summed E-state index contributed by atoms with van der Waals surface area (Å²) >= 11 is 0.687. The zero-order valence-corrected chi connectivity index (χ0v) is 19.6. The van der Waals surface area contributed by atoms with Crippen LogP contribution < -0.4 is 15.6 Å². The Bertz CT molecular complexity index is 1500. The molecule has 4 aromatic rings. The summed E-state index contributed by atoms with van der Waals surface area (Å²) in [6.07, 6.45) is 0. The molecule has 0 unspecified atom stereocenters. The average molecular weight is 485 g/mol. The van der Waals surface area contributed by atoms with E-state index in [9.17, 15) is 18.0 Å². The molecular formula is C21H20N6O4S2. The van der Waals surface area contributed by atoms with E-state index in [1.165, 1.54) is 4.68 Å². The van der Waals surface area contributed by atoms with Gasteiger partial charge in [-0.3, -0.25) is 24.3 Å². The van der Waals surface area contributed by atoms with Crippen molar-refractivity contribution in [2.45, 2.75) is 18.2 Å². The summed E-state index contributed by atoms with van der Waals surface area (Å²) in [6, 6.07) is 15.8. The number of nitrogens with one attached hydrogen (secondary N) is 2. The Morgan fingerprint density at radius 3 is 2.36 bits per heavy atom. The molecule has 0 fully saturated rings. The fourth-order valence-electron chi connectivity index (χ4n) is 3.22. The SMILES string of the molecule is Cc1ccccc1C(=O)Nc1nnc(S(=O)(=O)Nc2c(C)n(C)n(-c3ccccc3)c2=O)s1. The van der Waals surface area contributed by atoms with E-state index in [1.54, 1.807) is 68.0 Å². The first-order valence-electron chi connectivity index (χ1n) is 9.76. The van der Waals surface area contributed by atoms with Gasteiger partial charge in [0.1, 0.15) is 5.69 Å². The lowest BCUT2D eigenvalue weighted by molar-refractivity contribution is 0.102. The minimum Gasteiger partial charge on any atom is -0.296 e. The van der Waals surface area contributed by atoms with Gasteiger partial charge in [-0.05, 0) is 37.6 Å². The lowest BCUT2D eigenvalue weighted by Gasteiger charge is -2.07. The summed E-state index contributed by atoms with van der Waals surface area (Å²) in [5, 5.41) is 10.0. The van der Waals surface area contributed by atoms with E-state index in [1.807, 2.05) is 12.1 Å². The molecule has 2 N–H and O–H groups in total. The molecule has 2 aromatic carbocycles. The fourth-order valence-corrected chi connectivity index (χ4v) is 5.24. The fraction of sp³-hybridized carbons (Fsp3) is 0.143. The smallest absolute Gasteiger partial charge is 0.296 e. The molecule has 2 aromatic heterocycles. The third-order valence-electron chi connectivity index (χ3n) is 5.04. The van der Waals surface area contributed by atoms with Gasteiger partial charge < -0.3 is 0 Å². The van der Waals surface area contributed by atoms with Crippen LogP contribution in [0.15, 0.2) is 63.7 Å². The number of anilines is 2. The molecule has 0 aliphatic heterocycles. The summed E-state index contributed by atoms with van der Waals surface area (Å²) in [4.78, 5) is 25.5. The number of benzene rings is 2. The molecule has 0 spiro atoms. The lowest BCUT2D eigenvalue weighted by Crippen LogP contribution is -2.23. The van der Waals surface area contributed by atoms with Gasteiger partial charge in [-0.1, -0.05) is 47.7 Å². The van der Waals surface area contributed by atoms with Crippen molar-refractivity contribution < 1.29 is 13.2 Å². The van der Waals surface area contributed by atoms with Crippen molar-refractivity contribution in [2.24, 2.45) is 7.05 Å².